The van der Waals surface area contributed by atoms with Crippen LogP contribution in [0.5, 0.6) is 0 Å². The number of hydrogen-bond donors (Lipinski definition) is 1. The van der Waals surface area contributed by atoms with Gasteiger partial charge in [-0.2, -0.15) is 4.98 Å². The van der Waals surface area contributed by atoms with E-state index >= 15 is 0 Å². The van der Waals surface area contributed by atoms with Gasteiger partial charge in [0.05, 0.1) is 10.0 Å². The first-order chi connectivity index (χ1) is 12.7. The minimum atomic E-state index is -1.13. The van der Waals surface area contributed by atoms with Crippen LogP contribution in [0.4, 0.5) is 5.82 Å². The molecule has 0 bridgehead atoms. The molecule has 0 spiro atoms. The van der Waals surface area contributed by atoms with Gasteiger partial charge in [0.2, 0.25) is 0 Å². The summed E-state index contributed by atoms with van der Waals surface area (Å²) in [6.07, 6.45) is 0.200. The Morgan fingerprint density at radius 3 is 2.67 bits per heavy atom. The predicted octanol–water partition coefficient (Wildman–Crippen LogP) is 2.63. The van der Waals surface area contributed by atoms with E-state index in [-0.39, 0.29) is 22.4 Å². The zero-order valence-corrected chi connectivity index (χ0v) is 16.0. The van der Waals surface area contributed by atoms with Gasteiger partial charge in [0.1, 0.15) is 0 Å². The fourth-order valence-corrected chi connectivity index (χ4v) is 2.67. The molecule has 0 saturated heterocycles. The van der Waals surface area contributed by atoms with Crippen LogP contribution in [0.1, 0.15) is 28.9 Å². The number of nitrogens with zero attached hydrogens (tertiary/aromatic N) is 5. The third kappa shape index (κ3) is 4.15. The molecule has 0 aromatic carbocycles. The number of halogens is 2. The van der Waals surface area contributed by atoms with Gasteiger partial charge in [-0.25, -0.2) is 19.3 Å². The lowest BCUT2D eigenvalue weighted by Crippen LogP contribution is -2.30. The molecule has 0 aliphatic carbocycles. The molecule has 0 unspecified atom stereocenters. The van der Waals surface area contributed by atoms with Gasteiger partial charge in [-0.1, -0.05) is 23.2 Å². The maximum absolute atomic E-state index is 12.3. The van der Waals surface area contributed by atoms with Gasteiger partial charge in [-0.05, 0) is 32.9 Å². The molecule has 0 aliphatic rings. The Morgan fingerprint density at radius 1 is 1.22 bits per heavy atom. The molecule has 0 saturated carbocycles. The fourth-order valence-electron chi connectivity index (χ4n) is 2.24. The number of esters is 1. The lowest BCUT2D eigenvalue weighted by molar-refractivity contribution is -0.123. The van der Waals surface area contributed by atoms with Crippen LogP contribution in [0.25, 0.3) is 5.78 Å². The molecule has 11 heteroatoms. The van der Waals surface area contributed by atoms with Crippen molar-refractivity contribution in [3.05, 3.63) is 45.6 Å². The predicted molar refractivity (Wildman–Crippen MR) is 98.0 cm³/mol. The van der Waals surface area contributed by atoms with Crippen molar-refractivity contribution in [2.75, 3.05) is 5.32 Å². The Morgan fingerprint density at radius 2 is 1.96 bits per heavy atom. The summed E-state index contributed by atoms with van der Waals surface area (Å²) in [6.45, 7) is 5.02. The number of rotatable bonds is 4. The van der Waals surface area contributed by atoms with Gasteiger partial charge >= 0.3 is 5.97 Å². The van der Waals surface area contributed by atoms with Gasteiger partial charge in [-0.15, -0.1) is 5.10 Å². The average Bonchev–Trinajstić information content (AvgIpc) is 3.01. The zero-order valence-electron chi connectivity index (χ0n) is 14.5. The normalized spacial score (nSPS) is 12.0. The van der Waals surface area contributed by atoms with Gasteiger partial charge in [0.15, 0.2) is 11.9 Å². The SMILES string of the molecule is Cc1cc(C)n2nc(C(=O)O[C@H](C)C(=O)Nc3ncc(Cl)cc3Cl)nc2n1. The van der Waals surface area contributed by atoms with Crippen LogP contribution in [0.3, 0.4) is 0 Å². The lowest BCUT2D eigenvalue weighted by atomic mass is 10.3. The summed E-state index contributed by atoms with van der Waals surface area (Å²) >= 11 is 11.7. The van der Waals surface area contributed by atoms with E-state index in [9.17, 15) is 9.59 Å². The number of amides is 1. The Balaban J connectivity index is 1.71. The van der Waals surface area contributed by atoms with Gasteiger partial charge in [0, 0.05) is 17.6 Å². The van der Waals surface area contributed by atoms with Crippen LogP contribution in [-0.2, 0) is 9.53 Å². The van der Waals surface area contributed by atoms with Crippen LogP contribution < -0.4 is 5.32 Å². The second-order valence-electron chi connectivity index (χ2n) is 5.71. The topological polar surface area (TPSA) is 111 Å². The second kappa shape index (κ2) is 7.45. The van der Waals surface area contributed by atoms with Crippen LogP contribution in [0.15, 0.2) is 18.3 Å². The second-order valence-corrected chi connectivity index (χ2v) is 6.55. The largest absolute Gasteiger partial charge is 0.447 e. The minimum Gasteiger partial charge on any atom is -0.447 e. The van der Waals surface area contributed by atoms with Crippen molar-refractivity contribution in [1.82, 2.24) is 24.6 Å². The Labute approximate surface area is 163 Å². The van der Waals surface area contributed by atoms with E-state index in [2.05, 4.69) is 25.4 Å². The number of fused-ring (bicyclic) bond motifs is 1. The number of carbonyl (C=O) groups is 2. The molecule has 3 aromatic heterocycles. The smallest absolute Gasteiger partial charge is 0.379 e. The highest BCUT2D eigenvalue weighted by molar-refractivity contribution is 6.36. The van der Waals surface area contributed by atoms with E-state index in [1.807, 2.05) is 13.8 Å². The first-order valence-electron chi connectivity index (χ1n) is 7.78. The summed E-state index contributed by atoms with van der Waals surface area (Å²) in [5, 5.41) is 7.01. The highest BCUT2D eigenvalue weighted by atomic mass is 35.5. The first-order valence-corrected chi connectivity index (χ1v) is 8.54. The molecule has 3 aromatic rings. The summed E-state index contributed by atoms with van der Waals surface area (Å²) in [7, 11) is 0. The van der Waals surface area contributed by atoms with Crippen LogP contribution >= 0.6 is 23.2 Å². The summed E-state index contributed by atoms with van der Waals surface area (Å²) in [6, 6.07) is 3.23. The number of aromatic nitrogens is 5. The van der Waals surface area contributed by atoms with Gasteiger partial charge in [-0.3, -0.25) is 4.79 Å². The molecule has 1 amide bonds. The number of nitrogens with one attached hydrogen (secondary N) is 1. The number of aryl methyl sites for hydroxylation is 2. The monoisotopic (exact) mass is 408 g/mol. The van der Waals surface area contributed by atoms with E-state index in [0.29, 0.717) is 5.02 Å². The van der Waals surface area contributed by atoms with E-state index in [0.717, 1.165) is 11.4 Å². The van der Waals surface area contributed by atoms with E-state index in [4.69, 9.17) is 27.9 Å². The number of pyridine rings is 1. The number of ether oxygens (including phenoxy) is 1. The zero-order chi connectivity index (χ0) is 19.7. The van der Waals surface area contributed by atoms with E-state index < -0.39 is 18.0 Å². The molecule has 140 valence electrons. The highest BCUT2D eigenvalue weighted by Crippen LogP contribution is 2.22. The van der Waals surface area contributed by atoms with E-state index in [1.165, 1.54) is 23.7 Å². The third-order valence-electron chi connectivity index (χ3n) is 3.50. The molecule has 3 rings (SSSR count). The van der Waals surface area contributed by atoms with Crippen molar-refractivity contribution in [1.29, 1.82) is 0 Å². The molecule has 3 heterocycles. The summed E-state index contributed by atoms with van der Waals surface area (Å²) in [5.74, 6) is -1.29. The Bertz CT molecular complexity index is 1050. The fraction of sp³-hybridized carbons (Fsp3) is 0.250. The maximum atomic E-state index is 12.3. The van der Waals surface area contributed by atoms with Crippen molar-refractivity contribution in [2.45, 2.75) is 26.9 Å². The van der Waals surface area contributed by atoms with Crippen LogP contribution in [0.2, 0.25) is 10.0 Å². The molecule has 27 heavy (non-hydrogen) atoms. The summed E-state index contributed by atoms with van der Waals surface area (Å²) < 4.78 is 6.54. The van der Waals surface area contributed by atoms with Crippen molar-refractivity contribution in [3.63, 3.8) is 0 Å². The van der Waals surface area contributed by atoms with Crippen molar-refractivity contribution >= 4 is 46.7 Å². The molecule has 9 nitrogen and oxygen atoms in total. The molecule has 0 radical (unpaired) electrons. The van der Waals surface area contributed by atoms with E-state index in [1.54, 1.807) is 6.07 Å². The van der Waals surface area contributed by atoms with Gasteiger partial charge in [0.25, 0.3) is 17.5 Å². The van der Waals surface area contributed by atoms with Crippen molar-refractivity contribution in [3.8, 4) is 0 Å². The molecular weight excluding hydrogens is 395 g/mol. The van der Waals surface area contributed by atoms with Crippen LogP contribution in [0, 0.1) is 13.8 Å². The highest BCUT2D eigenvalue weighted by Gasteiger charge is 2.23. The molecule has 1 N–H and O–H groups in total. The quantitative estimate of drug-likeness (QED) is 0.660. The van der Waals surface area contributed by atoms with Crippen molar-refractivity contribution in [2.24, 2.45) is 0 Å². The van der Waals surface area contributed by atoms with Crippen LogP contribution in [-0.4, -0.2) is 42.5 Å². The first kappa shape index (κ1) is 19.0. The molecule has 1 atom stereocenters. The van der Waals surface area contributed by atoms with Crippen molar-refractivity contribution < 1.29 is 14.3 Å². The number of carbonyl (C=O) groups excluding carboxylic acids is 2. The number of hydrogen-bond acceptors (Lipinski definition) is 7. The lowest BCUT2D eigenvalue weighted by Gasteiger charge is -2.12. The number of anilines is 1. The molecule has 0 fully saturated rings. The molecular formula is C16H14Cl2N6O3. The average molecular weight is 409 g/mol. The Hall–Kier alpha value is -2.78. The standard InChI is InChI=1S/C16H14Cl2N6O3/c1-7-4-8(2)24-16(20-7)22-13(23-24)15(26)27-9(3)14(25)21-12-11(18)5-10(17)6-19-12/h4-6,9H,1-3H3,(H,19,21,25)/t9-/m1/s1. The summed E-state index contributed by atoms with van der Waals surface area (Å²) in [4.78, 5) is 36.6. The van der Waals surface area contributed by atoms with Gasteiger partial charge < -0.3 is 10.1 Å². The Kier molecular flexibility index (Phi) is 5.24. The maximum Gasteiger partial charge on any atom is 0.379 e. The summed E-state index contributed by atoms with van der Waals surface area (Å²) in [5.41, 5.74) is 1.51. The minimum absolute atomic E-state index is 0.107. The third-order valence-corrected chi connectivity index (χ3v) is 4.00. The molecule has 0 aliphatic heterocycles.